The zero-order valence-corrected chi connectivity index (χ0v) is 12.4. The van der Waals surface area contributed by atoms with E-state index >= 15 is 0 Å². The molecule has 0 atom stereocenters. The summed E-state index contributed by atoms with van der Waals surface area (Å²) in [5.74, 6) is 1.88. The fourth-order valence-corrected chi connectivity index (χ4v) is 2.39. The molecular weight excluding hydrogens is 284 g/mol. The van der Waals surface area contributed by atoms with Crippen LogP contribution in [0.3, 0.4) is 0 Å². The second-order valence-electron chi connectivity index (χ2n) is 5.15. The minimum atomic E-state index is 0.504. The van der Waals surface area contributed by atoms with Gasteiger partial charge in [0.1, 0.15) is 5.75 Å². The lowest BCUT2D eigenvalue weighted by atomic mass is 10.2. The van der Waals surface area contributed by atoms with Crippen molar-refractivity contribution in [1.29, 1.82) is 0 Å². The molecular formula is C15H18N4O3. The second-order valence-corrected chi connectivity index (χ2v) is 5.15. The van der Waals surface area contributed by atoms with Gasteiger partial charge in [0.25, 0.3) is 0 Å². The van der Waals surface area contributed by atoms with Crippen molar-refractivity contribution in [2.24, 2.45) is 0 Å². The number of hydrogen-bond donors (Lipinski definition) is 0. The highest BCUT2D eigenvalue weighted by molar-refractivity contribution is 5.53. The Morgan fingerprint density at radius 1 is 1.18 bits per heavy atom. The van der Waals surface area contributed by atoms with Crippen LogP contribution in [-0.2, 0) is 11.3 Å². The topological polar surface area (TPSA) is 71.7 Å². The smallest absolute Gasteiger partial charge is 0.247 e. The molecule has 1 aromatic carbocycles. The Labute approximate surface area is 128 Å². The maximum Gasteiger partial charge on any atom is 0.247 e. The first-order chi connectivity index (χ1) is 10.8. The van der Waals surface area contributed by atoms with Gasteiger partial charge in [-0.05, 0) is 24.3 Å². The number of amides is 1. The van der Waals surface area contributed by atoms with Crippen molar-refractivity contribution in [3.05, 3.63) is 30.2 Å². The third kappa shape index (κ3) is 3.25. The van der Waals surface area contributed by atoms with Gasteiger partial charge in [-0.3, -0.25) is 9.69 Å². The van der Waals surface area contributed by atoms with Gasteiger partial charge in [0, 0.05) is 31.7 Å². The van der Waals surface area contributed by atoms with Crippen molar-refractivity contribution in [3.8, 4) is 17.2 Å². The van der Waals surface area contributed by atoms with Gasteiger partial charge in [0.2, 0.25) is 18.2 Å². The number of carbonyl (C=O) groups excluding carboxylic acids is 1. The van der Waals surface area contributed by atoms with Crippen LogP contribution in [0.5, 0.6) is 5.75 Å². The van der Waals surface area contributed by atoms with Crippen molar-refractivity contribution in [1.82, 2.24) is 20.0 Å². The third-order valence-electron chi connectivity index (χ3n) is 3.72. The molecule has 0 unspecified atom stereocenters. The van der Waals surface area contributed by atoms with Gasteiger partial charge in [-0.15, -0.1) is 10.2 Å². The summed E-state index contributed by atoms with van der Waals surface area (Å²) in [5.41, 5.74) is 0.866. The molecule has 3 rings (SSSR count). The van der Waals surface area contributed by atoms with Crippen LogP contribution in [0.1, 0.15) is 5.89 Å². The van der Waals surface area contributed by atoms with Gasteiger partial charge in [-0.25, -0.2) is 0 Å². The first-order valence-electron chi connectivity index (χ1n) is 7.17. The fraction of sp³-hybridized carbons (Fsp3) is 0.400. The highest BCUT2D eigenvalue weighted by Crippen LogP contribution is 2.21. The molecule has 0 spiro atoms. The zero-order valence-electron chi connectivity index (χ0n) is 12.4. The average molecular weight is 302 g/mol. The lowest BCUT2D eigenvalue weighted by Crippen LogP contribution is -2.45. The zero-order chi connectivity index (χ0) is 15.4. The standard InChI is InChI=1S/C15H18N4O3/c1-21-13-4-2-12(3-5-13)15-17-16-14(22-15)10-18-6-8-19(11-20)9-7-18/h2-5,11H,6-10H2,1H3. The van der Waals surface area contributed by atoms with E-state index in [2.05, 4.69) is 15.1 Å². The molecule has 7 nitrogen and oxygen atoms in total. The van der Waals surface area contributed by atoms with Crippen molar-refractivity contribution in [2.75, 3.05) is 33.3 Å². The van der Waals surface area contributed by atoms with E-state index in [1.54, 1.807) is 12.0 Å². The molecule has 0 bridgehead atoms. The van der Waals surface area contributed by atoms with Crippen LogP contribution in [0.2, 0.25) is 0 Å². The van der Waals surface area contributed by atoms with E-state index in [9.17, 15) is 4.79 Å². The molecule has 0 N–H and O–H groups in total. The number of rotatable bonds is 5. The van der Waals surface area contributed by atoms with E-state index in [-0.39, 0.29) is 0 Å². The van der Waals surface area contributed by atoms with Crippen LogP contribution in [0.15, 0.2) is 28.7 Å². The molecule has 116 valence electrons. The van der Waals surface area contributed by atoms with Crippen LogP contribution in [0.4, 0.5) is 0 Å². The maximum absolute atomic E-state index is 10.7. The number of aromatic nitrogens is 2. The number of carbonyl (C=O) groups is 1. The molecule has 1 aromatic heterocycles. The SMILES string of the molecule is COc1ccc(-c2nnc(CN3CCN(C=O)CC3)o2)cc1. The Kier molecular flexibility index (Phi) is 4.34. The van der Waals surface area contributed by atoms with Gasteiger partial charge in [-0.2, -0.15) is 0 Å². The van der Waals surface area contributed by atoms with Crippen LogP contribution in [-0.4, -0.2) is 59.7 Å². The summed E-state index contributed by atoms with van der Waals surface area (Å²) in [4.78, 5) is 14.7. The van der Waals surface area contributed by atoms with Crippen molar-refractivity contribution < 1.29 is 13.9 Å². The highest BCUT2D eigenvalue weighted by atomic mass is 16.5. The van der Waals surface area contributed by atoms with Crippen LogP contribution in [0.25, 0.3) is 11.5 Å². The molecule has 0 saturated carbocycles. The Morgan fingerprint density at radius 3 is 2.55 bits per heavy atom. The van der Waals surface area contributed by atoms with Gasteiger partial charge in [0.15, 0.2) is 0 Å². The summed E-state index contributed by atoms with van der Waals surface area (Å²) in [6, 6.07) is 7.49. The predicted octanol–water partition coefficient (Wildman–Crippen LogP) is 1.02. The minimum absolute atomic E-state index is 0.504. The van der Waals surface area contributed by atoms with Crippen LogP contribution < -0.4 is 4.74 Å². The van der Waals surface area contributed by atoms with E-state index in [0.29, 0.717) is 18.3 Å². The Hall–Kier alpha value is -2.41. The Balaban J connectivity index is 1.62. The predicted molar refractivity (Wildman–Crippen MR) is 79.2 cm³/mol. The minimum Gasteiger partial charge on any atom is -0.497 e. The van der Waals surface area contributed by atoms with E-state index < -0.39 is 0 Å². The summed E-state index contributed by atoms with van der Waals surface area (Å²) in [6.45, 7) is 3.72. The molecule has 7 heteroatoms. The second kappa shape index (κ2) is 6.57. The Morgan fingerprint density at radius 2 is 1.91 bits per heavy atom. The number of hydrogen-bond acceptors (Lipinski definition) is 6. The van der Waals surface area contributed by atoms with Crippen LogP contribution in [0, 0.1) is 0 Å². The van der Waals surface area contributed by atoms with Gasteiger partial charge >= 0.3 is 0 Å². The van der Waals surface area contributed by atoms with E-state index in [0.717, 1.165) is 43.9 Å². The molecule has 1 aliphatic heterocycles. The number of piperazine rings is 1. The molecule has 0 aliphatic carbocycles. The quantitative estimate of drug-likeness (QED) is 0.768. The largest absolute Gasteiger partial charge is 0.497 e. The monoisotopic (exact) mass is 302 g/mol. The normalized spacial score (nSPS) is 15.8. The summed E-state index contributed by atoms with van der Waals surface area (Å²) >= 11 is 0. The van der Waals surface area contributed by atoms with Crippen molar-refractivity contribution in [3.63, 3.8) is 0 Å². The summed E-state index contributed by atoms with van der Waals surface area (Å²) in [5, 5.41) is 8.18. The first kappa shape index (κ1) is 14.5. The van der Waals surface area contributed by atoms with E-state index in [4.69, 9.17) is 9.15 Å². The molecule has 2 aromatic rings. The third-order valence-corrected chi connectivity index (χ3v) is 3.72. The van der Waals surface area contributed by atoms with Gasteiger partial charge < -0.3 is 14.1 Å². The maximum atomic E-state index is 10.7. The van der Waals surface area contributed by atoms with Crippen molar-refractivity contribution in [2.45, 2.75) is 6.54 Å². The molecule has 1 amide bonds. The Bertz CT molecular complexity index is 618. The molecule has 1 aliphatic rings. The fourth-order valence-electron chi connectivity index (χ4n) is 2.39. The average Bonchev–Trinajstić information content (AvgIpc) is 3.04. The molecule has 1 saturated heterocycles. The van der Waals surface area contributed by atoms with Crippen molar-refractivity contribution >= 4 is 6.41 Å². The highest BCUT2D eigenvalue weighted by Gasteiger charge is 2.18. The summed E-state index contributed by atoms with van der Waals surface area (Å²) in [7, 11) is 1.63. The van der Waals surface area contributed by atoms with Gasteiger partial charge in [0.05, 0.1) is 13.7 Å². The molecule has 22 heavy (non-hydrogen) atoms. The van der Waals surface area contributed by atoms with E-state index in [1.807, 2.05) is 24.3 Å². The molecule has 2 heterocycles. The van der Waals surface area contributed by atoms with E-state index in [1.165, 1.54) is 0 Å². The number of benzene rings is 1. The first-order valence-corrected chi connectivity index (χ1v) is 7.17. The van der Waals surface area contributed by atoms with Gasteiger partial charge in [-0.1, -0.05) is 0 Å². The molecule has 1 fully saturated rings. The number of nitrogens with zero attached hydrogens (tertiary/aromatic N) is 4. The summed E-state index contributed by atoms with van der Waals surface area (Å²) in [6.07, 6.45) is 0.895. The number of ether oxygens (including phenoxy) is 1. The number of methoxy groups -OCH3 is 1. The lowest BCUT2D eigenvalue weighted by molar-refractivity contribution is -0.119. The lowest BCUT2D eigenvalue weighted by Gasteiger charge is -2.31. The molecule has 0 radical (unpaired) electrons. The summed E-state index contributed by atoms with van der Waals surface area (Å²) < 4.78 is 10.8. The van der Waals surface area contributed by atoms with Crippen LogP contribution >= 0.6 is 0 Å².